The molecule has 1 saturated heterocycles. The number of rotatable bonds is 5. The minimum absolute atomic E-state index is 0.00354. The van der Waals surface area contributed by atoms with Crippen LogP contribution in [0.25, 0.3) is 0 Å². The molecule has 112 valence electrons. The molecule has 1 aromatic rings. The Hall–Kier alpha value is -1.36. The van der Waals surface area contributed by atoms with Crippen LogP contribution < -0.4 is 5.73 Å². The van der Waals surface area contributed by atoms with Gasteiger partial charge in [-0.3, -0.25) is 9.36 Å². The Balaban J connectivity index is 1.99. The first kappa shape index (κ1) is 15.0. The number of ether oxygens (including phenoxy) is 2. The van der Waals surface area contributed by atoms with Crippen molar-refractivity contribution in [1.82, 2.24) is 14.8 Å². The monoisotopic (exact) mass is 308 g/mol. The number of hydrogen-bond acceptors (Lipinski definition) is 7. The molecule has 20 heavy (non-hydrogen) atoms. The van der Waals surface area contributed by atoms with Crippen molar-refractivity contribution in [2.45, 2.75) is 25.0 Å². The molecule has 5 N–H and O–H groups in total. The van der Waals surface area contributed by atoms with Crippen LogP contribution >= 0.6 is 7.60 Å². The predicted octanol–water partition coefficient (Wildman–Crippen LogP) is -1.87. The average Bonchev–Trinajstić information content (AvgIpc) is 2.91. The molecule has 3 unspecified atom stereocenters. The molecule has 0 saturated carbocycles. The highest BCUT2D eigenvalue weighted by Crippen LogP contribution is 2.37. The van der Waals surface area contributed by atoms with Gasteiger partial charge in [-0.2, -0.15) is 0 Å². The fourth-order valence-electron chi connectivity index (χ4n) is 1.65. The third-order valence-corrected chi connectivity index (χ3v) is 2.96. The van der Waals surface area contributed by atoms with E-state index in [0.717, 1.165) is 11.0 Å². The van der Waals surface area contributed by atoms with Crippen LogP contribution in [-0.4, -0.2) is 54.3 Å². The maximum atomic E-state index is 10.9. The van der Waals surface area contributed by atoms with E-state index in [-0.39, 0.29) is 12.2 Å². The fraction of sp³-hybridized carbons (Fsp3) is 0.625. The van der Waals surface area contributed by atoms with E-state index in [1.54, 1.807) is 0 Å². The lowest BCUT2D eigenvalue weighted by Crippen LogP contribution is -2.21. The molecule has 0 bridgehead atoms. The van der Waals surface area contributed by atoms with Crippen LogP contribution in [-0.2, 0) is 14.0 Å². The van der Waals surface area contributed by atoms with Crippen molar-refractivity contribution in [3.63, 3.8) is 0 Å². The van der Waals surface area contributed by atoms with Gasteiger partial charge < -0.3 is 30.1 Å². The number of hydrogen-bond donors (Lipinski definition) is 4. The van der Waals surface area contributed by atoms with Crippen LogP contribution in [0.2, 0.25) is 0 Å². The van der Waals surface area contributed by atoms with E-state index in [9.17, 15) is 14.5 Å². The minimum Gasteiger partial charge on any atom is -0.388 e. The Bertz CT molecular complexity index is 543. The molecule has 11 nitrogen and oxygen atoms in total. The van der Waals surface area contributed by atoms with Gasteiger partial charge in [0, 0.05) is 6.42 Å². The zero-order chi connectivity index (χ0) is 14.9. The summed E-state index contributed by atoms with van der Waals surface area (Å²) in [6, 6.07) is 0. The third kappa shape index (κ3) is 3.60. The average molecular weight is 308 g/mol. The van der Waals surface area contributed by atoms with Gasteiger partial charge >= 0.3 is 7.60 Å². The second-order valence-corrected chi connectivity index (χ2v) is 5.72. The molecular formula is C8H13N4O7P. The summed E-state index contributed by atoms with van der Waals surface area (Å²) in [6.45, 7) is 0. The van der Waals surface area contributed by atoms with E-state index in [0.29, 0.717) is 0 Å². The SMILES string of the molecule is NC(=O)c1ncn(C2OC(OCP(=O)(O)O)CC2O)n1. The summed E-state index contributed by atoms with van der Waals surface area (Å²) in [5, 5.41) is 13.5. The maximum Gasteiger partial charge on any atom is 0.351 e. The molecule has 1 aliphatic heterocycles. The molecule has 2 heterocycles. The van der Waals surface area contributed by atoms with E-state index in [4.69, 9.17) is 25.0 Å². The van der Waals surface area contributed by atoms with Crippen LogP contribution in [0, 0.1) is 0 Å². The molecule has 1 amide bonds. The lowest BCUT2D eigenvalue weighted by Gasteiger charge is -2.15. The van der Waals surface area contributed by atoms with Crippen molar-refractivity contribution in [2.24, 2.45) is 5.73 Å². The summed E-state index contributed by atoms with van der Waals surface area (Å²) in [7, 11) is -4.32. The highest BCUT2D eigenvalue weighted by molar-refractivity contribution is 7.51. The Morgan fingerprint density at radius 1 is 1.65 bits per heavy atom. The van der Waals surface area contributed by atoms with Crippen LogP contribution in [0.5, 0.6) is 0 Å². The summed E-state index contributed by atoms with van der Waals surface area (Å²) in [5.74, 6) is -1.06. The van der Waals surface area contributed by atoms with Gasteiger partial charge in [0.05, 0.1) is 0 Å². The Morgan fingerprint density at radius 3 is 2.90 bits per heavy atom. The first-order valence-corrected chi connectivity index (χ1v) is 7.26. The second-order valence-electron chi connectivity index (χ2n) is 4.13. The Morgan fingerprint density at radius 2 is 2.35 bits per heavy atom. The molecule has 12 heteroatoms. The zero-order valence-corrected chi connectivity index (χ0v) is 11.0. The van der Waals surface area contributed by atoms with Crippen LogP contribution in [0.4, 0.5) is 0 Å². The molecular weight excluding hydrogens is 295 g/mol. The summed E-state index contributed by atoms with van der Waals surface area (Å²) in [5.41, 5.74) is 4.99. The number of nitrogens with zero attached hydrogens (tertiary/aromatic N) is 3. The van der Waals surface area contributed by atoms with Gasteiger partial charge in [0.1, 0.15) is 12.4 Å². The molecule has 1 aromatic heterocycles. The number of carbonyl (C=O) groups excluding carboxylic acids is 1. The summed E-state index contributed by atoms with van der Waals surface area (Å²) in [6.07, 6.45) is -2.67. The topological polar surface area (TPSA) is 170 Å². The number of aliphatic hydroxyl groups excluding tert-OH is 1. The highest BCUT2D eigenvalue weighted by atomic mass is 31.2. The van der Waals surface area contributed by atoms with Crippen LogP contribution in [0.1, 0.15) is 23.3 Å². The maximum absolute atomic E-state index is 10.9. The number of primary amides is 1. The normalized spacial score (nSPS) is 26.9. The van der Waals surface area contributed by atoms with Crippen molar-refractivity contribution in [1.29, 1.82) is 0 Å². The molecule has 0 aromatic carbocycles. The Labute approximate surface area is 112 Å². The van der Waals surface area contributed by atoms with E-state index >= 15 is 0 Å². The standard InChI is InChI=1S/C8H13N4O7P/c9-6(14)7-10-2-12(11-7)8-4(13)1-5(19-8)18-3-20(15,16)17/h2,4-5,8,13H,1,3H2,(H2,9,14)(H2,15,16,17). The van der Waals surface area contributed by atoms with E-state index < -0.39 is 38.5 Å². The number of aromatic nitrogens is 3. The van der Waals surface area contributed by atoms with Gasteiger partial charge in [-0.15, -0.1) is 5.10 Å². The summed E-state index contributed by atoms with van der Waals surface area (Å²) in [4.78, 5) is 31.8. The quantitative estimate of drug-likeness (QED) is 0.455. The van der Waals surface area contributed by atoms with Gasteiger partial charge in [0.2, 0.25) is 5.82 Å². The van der Waals surface area contributed by atoms with Crippen molar-refractivity contribution in [3.05, 3.63) is 12.2 Å². The smallest absolute Gasteiger partial charge is 0.351 e. The zero-order valence-electron chi connectivity index (χ0n) is 10.1. The number of nitrogens with two attached hydrogens (primary N) is 1. The van der Waals surface area contributed by atoms with Crippen molar-refractivity contribution in [3.8, 4) is 0 Å². The van der Waals surface area contributed by atoms with E-state index in [1.807, 2.05) is 0 Å². The van der Waals surface area contributed by atoms with Crippen molar-refractivity contribution in [2.75, 3.05) is 6.35 Å². The first-order chi connectivity index (χ1) is 9.26. The Kier molecular flexibility index (Phi) is 4.18. The molecule has 1 aliphatic rings. The lowest BCUT2D eigenvalue weighted by molar-refractivity contribution is -0.149. The van der Waals surface area contributed by atoms with E-state index in [1.165, 1.54) is 0 Å². The number of amides is 1. The van der Waals surface area contributed by atoms with E-state index in [2.05, 4.69) is 10.1 Å². The molecule has 0 aliphatic carbocycles. The lowest BCUT2D eigenvalue weighted by atomic mass is 10.3. The molecule has 0 radical (unpaired) electrons. The minimum atomic E-state index is -4.32. The predicted molar refractivity (Wildman–Crippen MR) is 61.1 cm³/mol. The third-order valence-electron chi connectivity index (χ3n) is 2.47. The van der Waals surface area contributed by atoms with Gasteiger partial charge in [0.15, 0.2) is 18.9 Å². The van der Waals surface area contributed by atoms with Gasteiger partial charge in [-0.25, -0.2) is 9.67 Å². The van der Waals surface area contributed by atoms with Gasteiger partial charge in [-0.05, 0) is 0 Å². The van der Waals surface area contributed by atoms with Crippen molar-refractivity contribution < 1.29 is 33.7 Å². The summed E-state index contributed by atoms with van der Waals surface area (Å²) < 4.78 is 21.8. The molecule has 0 spiro atoms. The molecule has 3 atom stereocenters. The second kappa shape index (κ2) is 5.56. The van der Waals surface area contributed by atoms with Crippen LogP contribution in [0.15, 0.2) is 6.33 Å². The fourth-order valence-corrected chi connectivity index (χ4v) is 2.01. The highest BCUT2D eigenvalue weighted by Gasteiger charge is 2.37. The molecule has 1 fully saturated rings. The van der Waals surface area contributed by atoms with Gasteiger partial charge in [0.25, 0.3) is 5.91 Å². The first-order valence-electron chi connectivity index (χ1n) is 5.47. The summed E-state index contributed by atoms with van der Waals surface area (Å²) >= 11 is 0. The van der Waals surface area contributed by atoms with Crippen molar-refractivity contribution >= 4 is 13.5 Å². The number of carbonyl (C=O) groups is 1. The molecule has 2 rings (SSSR count). The number of aliphatic hydroxyl groups is 1. The largest absolute Gasteiger partial charge is 0.388 e. The van der Waals surface area contributed by atoms with Gasteiger partial charge in [-0.1, -0.05) is 0 Å². The van der Waals surface area contributed by atoms with Crippen LogP contribution in [0.3, 0.4) is 0 Å².